The molecule has 0 atom stereocenters. The molecule has 0 spiro atoms. The minimum atomic E-state index is 0.797. The Morgan fingerprint density at radius 3 is 1.90 bits per heavy atom. The van der Waals surface area contributed by atoms with Gasteiger partial charge in [-0.05, 0) is 16.3 Å². The summed E-state index contributed by atoms with van der Waals surface area (Å²) in [5, 5.41) is 8.89. The summed E-state index contributed by atoms with van der Waals surface area (Å²) >= 11 is 6.57. The molecule has 1 N–H and O–H groups in total. The minimum absolute atomic E-state index is 0.797. The first-order valence-electron chi connectivity index (χ1n) is 6.72. The minimum Gasteiger partial charge on any atom is -0.309 e. The number of fused-ring (bicyclic) bond motifs is 2. The van der Waals surface area contributed by atoms with Gasteiger partial charge in [0.05, 0.1) is 5.02 Å². The molecule has 2 heteroatoms. The van der Waals surface area contributed by atoms with Crippen LogP contribution in [0.25, 0.3) is 21.5 Å². The smallest absolute Gasteiger partial charge is 0.0562 e. The Balaban J connectivity index is 2.31. The standard InChI is InChI=1S/C18H16ClN/c1-2-11-20-12-17-13-7-3-5-9-15(13)18(19)16-10-6-4-8-14(16)17/h2-10,20H,1,11-12H2. The van der Waals surface area contributed by atoms with E-state index in [1.54, 1.807) is 0 Å². The van der Waals surface area contributed by atoms with Gasteiger partial charge in [-0.15, -0.1) is 6.58 Å². The van der Waals surface area contributed by atoms with Gasteiger partial charge in [-0.25, -0.2) is 0 Å². The predicted octanol–water partition coefficient (Wildman–Crippen LogP) is 4.92. The van der Waals surface area contributed by atoms with Crippen molar-refractivity contribution in [3.05, 3.63) is 71.8 Å². The van der Waals surface area contributed by atoms with Crippen molar-refractivity contribution in [3.8, 4) is 0 Å². The average Bonchev–Trinajstić information content (AvgIpc) is 2.51. The molecule has 0 heterocycles. The Kier molecular flexibility index (Phi) is 3.72. The van der Waals surface area contributed by atoms with Crippen LogP contribution in [0.5, 0.6) is 0 Å². The van der Waals surface area contributed by atoms with Crippen LogP contribution in [-0.4, -0.2) is 6.54 Å². The van der Waals surface area contributed by atoms with Gasteiger partial charge >= 0.3 is 0 Å². The van der Waals surface area contributed by atoms with Crippen LogP contribution >= 0.6 is 11.6 Å². The lowest BCUT2D eigenvalue weighted by molar-refractivity contribution is 0.769. The highest BCUT2D eigenvalue weighted by Crippen LogP contribution is 2.35. The maximum absolute atomic E-state index is 6.57. The highest BCUT2D eigenvalue weighted by molar-refractivity contribution is 6.41. The van der Waals surface area contributed by atoms with Gasteiger partial charge in [0, 0.05) is 23.9 Å². The lowest BCUT2D eigenvalue weighted by atomic mass is 9.96. The van der Waals surface area contributed by atoms with E-state index in [1.165, 1.54) is 16.3 Å². The molecule has 3 aromatic rings. The van der Waals surface area contributed by atoms with Gasteiger partial charge in [-0.2, -0.15) is 0 Å². The highest BCUT2D eigenvalue weighted by atomic mass is 35.5. The summed E-state index contributed by atoms with van der Waals surface area (Å²) in [7, 11) is 0. The molecule has 0 amide bonds. The Morgan fingerprint density at radius 1 is 0.900 bits per heavy atom. The van der Waals surface area contributed by atoms with Gasteiger partial charge in [0.1, 0.15) is 0 Å². The SMILES string of the molecule is C=CCNCc1c2ccccc2c(Cl)c2ccccc12. The summed E-state index contributed by atoms with van der Waals surface area (Å²) in [5.74, 6) is 0. The van der Waals surface area contributed by atoms with Gasteiger partial charge in [0.15, 0.2) is 0 Å². The number of rotatable bonds is 4. The Labute approximate surface area is 123 Å². The van der Waals surface area contributed by atoms with Gasteiger partial charge in [-0.1, -0.05) is 66.2 Å². The number of hydrogen-bond donors (Lipinski definition) is 1. The number of nitrogens with one attached hydrogen (secondary N) is 1. The quantitative estimate of drug-likeness (QED) is 0.406. The first-order chi connectivity index (χ1) is 9.83. The molecule has 0 unspecified atom stereocenters. The number of hydrogen-bond acceptors (Lipinski definition) is 1. The maximum atomic E-state index is 6.57. The lowest BCUT2D eigenvalue weighted by Crippen LogP contribution is -2.13. The van der Waals surface area contributed by atoms with Gasteiger partial charge in [0.2, 0.25) is 0 Å². The molecule has 0 bridgehead atoms. The third kappa shape index (κ3) is 2.20. The first-order valence-corrected chi connectivity index (χ1v) is 7.10. The molecule has 0 aliphatic heterocycles. The largest absolute Gasteiger partial charge is 0.309 e. The summed E-state index contributed by atoms with van der Waals surface area (Å²) in [6, 6.07) is 16.6. The normalized spacial score (nSPS) is 11.1. The third-order valence-electron chi connectivity index (χ3n) is 3.57. The molecule has 20 heavy (non-hydrogen) atoms. The second-order valence-corrected chi connectivity index (χ2v) is 5.18. The van der Waals surface area contributed by atoms with E-state index in [9.17, 15) is 0 Å². The summed E-state index contributed by atoms with van der Waals surface area (Å²) < 4.78 is 0. The molecule has 3 aromatic carbocycles. The maximum Gasteiger partial charge on any atom is 0.0562 e. The van der Waals surface area contributed by atoms with Crippen LogP contribution in [0.1, 0.15) is 5.56 Å². The van der Waals surface area contributed by atoms with Crippen molar-refractivity contribution in [2.24, 2.45) is 0 Å². The second-order valence-electron chi connectivity index (χ2n) is 4.80. The molecule has 0 saturated heterocycles. The van der Waals surface area contributed by atoms with Crippen LogP contribution in [0.3, 0.4) is 0 Å². The fourth-order valence-corrected chi connectivity index (χ4v) is 2.98. The molecule has 0 radical (unpaired) electrons. The van der Waals surface area contributed by atoms with Crippen molar-refractivity contribution in [1.82, 2.24) is 5.32 Å². The summed E-state index contributed by atoms with van der Waals surface area (Å²) in [5.41, 5.74) is 1.29. The van der Waals surface area contributed by atoms with Crippen molar-refractivity contribution in [3.63, 3.8) is 0 Å². The van der Waals surface area contributed by atoms with Crippen LogP contribution in [-0.2, 0) is 6.54 Å². The van der Waals surface area contributed by atoms with Crippen LogP contribution in [0.4, 0.5) is 0 Å². The zero-order valence-corrected chi connectivity index (χ0v) is 12.0. The monoisotopic (exact) mass is 281 g/mol. The van der Waals surface area contributed by atoms with Gasteiger partial charge in [-0.3, -0.25) is 0 Å². The molecule has 100 valence electrons. The fourth-order valence-electron chi connectivity index (χ4n) is 2.66. The van der Waals surface area contributed by atoms with E-state index in [-0.39, 0.29) is 0 Å². The molecule has 0 aromatic heterocycles. The Morgan fingerprint density at radius 2 is 1.40 bits per heavy atom. The van der Waals surface area contributed by atoms with Crippen molar-refractivity contribution in [2.75, 3.05) is 6.54 Å². The average molecular weight is 282 g/mol. The molecular weight excluding hydrogens is 266 g/mol. The summed E-state index contributed by atoms with van der Waals surface area (Å²) in [6.07, 6.45) is 1.88. The van der Waals surface area contributed by atoms with Crippen molar-refractivity contribution < 1.29 is 0 Å². The van der Waals surface area contributed by atoms with Crippen molar-refractivity contribution >= 4 is 33.1 Å². The molecule has 1 nitrogen and oxygen atoms in total. The van der Waals surface area contributed by atoms with Crippen LogP contribution in [0.2, 0.25) is 5.02 Å². The number of benzene rings is 3. The molecule has 0 saturated carbocycles. The zero-order valence-electron chi connectivity index (χ0n) is 11.2. The van der Waals surface area contributed by atoms with Gasteiger partial charge < -0.3 is 5.32 Å². The third-order valence-corrected chi connectivity index (χ3v) is 3.97. The second kappa shape index (κ2) is 5.66. The van der Waals surface area contributed by atoms with Crippen LogP contribution < -0.4 is 5.32 Å². The highest BCUT2D eigenvalue weighted by Gasteiger charge is 2.11. The predicted molar refractivity (Wildman–Crippen MR) is 88.4 cm³/mol. The molecular formula is C18H16ClN. The van der Waals surface area contributed by atoms with Gasteiger partial charge in [0.25, 0.3) is 0 Å². The lowest BCUT2D eigenvalue weighted by Gasteiger charge is -2.14. The van der Waals surface area contributed by atoms with E-state index in [2.05, 4.69) is 48.3 Å². The van der Waals surface area contributed by atoms with Crippen molar-refractivity contribution in [1.29, 1.82) is 0 Å². The zero-order chi connectivity index (χ0) is 13.9. The molecule has 3 rings (SSSR count). The van der Waals surface area contributed by atoms with E-state index in [4.69, 9.17) is 11.6 Å². The molecule has 0 aliphatic rings. The van der Waals surface area contributed by atoms with Crippen LogP contribution in [0.15, 0.2) is 61.2 Å². The number of halogens is 1. The fraction of sp³-hybridized carbons (Fsp3) is 0.111. The van der Waals surface area contributed by atoms with E-state index >= 15 is 0 Å². The van der Waals surface area contributed by atoms with Crippen molar-refractivity contribution in [2.45, 2.75) is 6.54 Å². The Bertz CT molecular complexity index is 720. The van der Waals surface area contributed by atoms with E-state index in [1.807, 2.05) is 18.2 Å². The van der Waals surface area contributed by atoms with E-state index in [0.717, 1.165) is 28.9 Å². The summed E-state index contributed by atoms with van der Waals surface area (Å²) in [6.45, 7) is 5.35. The molecule has 0 aliphatic carbocycles. The van der Waals surface area contributed by atoms with E-state index < -0.39 is 0 Å². The Hall–Kier alpha value is -1.83. The van der Waals surface area contributed by atoms with Crippen LogP contribution in [0, 0.1) is 0 Å². The topological polar surface area (TPSA) is 12.0 Å². The first kappa shape index (κ1) is 13.2. The van der Waals surface area contributed by atoms with E-state index in [0.29, 0.717) is 0 Å². The summed E-state index contributed by atoms with van der Waals surface area (Å²) in [4.78, 5) is 0. The molecule has 0 fully saturated rings.